The largest absolute Gasteiger partial charge is 0.394 e. The molecule has 1 unspecified atom stereocenters. The molecule has 0 saturated carbocycles. The second-order valence-corrected chi connectivity index (χ2v) is 2.33. The molecule has 0 aromatic heterocycles. The van der Waals surface area contributed by atoms with E-state index in [9.17, 15) is 0 Å². The fourth-order valence-corrected chi connectivity index (χ4v) is 0.991. The maximum absolute atomic E-state index is 8.44. The third-order valence-electron chi connectivity index (χ3n) is 1.52. The molecule has 1 radical (unpaired) electrons. The molecule has 0 aliphatic carbocycles. The lowest BCUT2D eigenvalue weighted by atomic mass is 10.1. The van der Waals surface area contributed by atoms with E-state index >= 15 is 0 Å². The fourth-order valence-electron chi connectivity index (χ4n) is 0.991. The smallest absolute Gasteiger partial charge is 0.214 e. The molecule has 1 atom stereocenters. The van der Waals surface area contributed by atoms with Crippen molar-refractivity contribution in [2.24, 2.45) is 0 Å². The lowest BCUT2D eigenvalue weighted by Gasteiger charge is -2.12. The number of ether oxygens (including phenoxy) is 1. The van der Waals surface area contributed by atoms with Crippen LogP contribution in [-0.2, 0) is 4.74 Å². The van der Waals surface area contributed by atoms with Gasteiger partial charge >= 0.3 is 0 Å². The second kappa shape index (κ2) is 4.41. The average Bonchev–Trinajstić information content (AvgIpc) is 2.03. The summed E-state index contributed by atoms with van der Waals surface area (Å²) in [5.74, 6) is 0. The molecule has 1 N–H and O–H groups in total. The third-order valence-corrected chi connectivity index (χ3v) is 1.52. The summed E-state index contributed by atoms with van der Waals surface area (Å²) < 4.78 is 5.29. The third kappa shape index (κ3) is 2.45. The number of rotatable bonds is 3. The molecule has 0 amide bonds. The van der Waals surface area contributed by atoms with Gasteiger partial charge in [0.1, 0.15) is 0 Å². The highest BCUT2D eigenvalue weighted by Gasteiger charge is 2.16. The van der Waals surface area contributed by atoms with Gasteiger partial charge in [-0.2, -0.15) is 0 Å². The van der Waals surface area contributed by atoms with Gasteiger partial charge in [0.15, 0.2) is 0 Å². The normalized spacial score (nSPS) is 25.1. The molecule has 0 saturated heterocycles. The molecule has 1 aliphatic rings. The van der Waals surface area contributed by atoms with Crippen molar-refractivity contribution in [2.75, 3.05) is 19.8 Å². The van der Waals surface area contributed by atoms with Gasteiger partial charge in [0.25, 0.3) is 0 Å². The Morgan fingerprint density at radius 2 is 2.60 bits per heavy atom. The molecule has 1 rings (SSSR count). The Bertz CT molecular complexity index is 114. The van der Waals surface area contributed by atoms with Gasteiger partial charge in [0.2, 0.25) is 12.8 Å². The Hall–Kier alpha value is -0.410. The standard InChI is InChI=1S/C7H13NO2/c9-5-6-10-7-1-3-8-4-2-7/h3,7,9H,1-2,4-6H2/q+1. The van der Waals surface area contributed by atoms with Gasteiger partial charge in [-0.15, -0.1) is 0 Å². The summed E-state index contributed by atoms with van der Waals surface area (Å²) in [5.41, 5.74) is 0. The summed E-state index contributed by atoms with van der Waals surface area (Å²) in [7, 11) is 0. The first-order valence-corrected chi connectivity index (χ1v) is 3.64. The lowest BCUT2D eigenvalue weighted by Crippen LogP contribution is -2.23. The summed E-state index contributed by atoms with van der Waals surface area (Å²) in [4.78, 5) is 4.07. The zero-order valence-corrected chi connectivity index (χ0v) is 5.99. The predicted molar refractivity (Wildman–Crippen MR) is 39.1 cm³/mol. The van der Waals surface area contributed by atoms with Gasteiger partial charge in [-0.25, -0.2) is 0 Å². The van der Waals surface area contributed by atoms with Crippen molar-refractivity contribution in [3.05, 3.63) is 0 Å². The van der Waals surface area contributed by atoms with Crippen LogP contribution in [0.1, 0.15) is 12.8 Å². The maximum Gasteiger partial charge on any atom is 0.214 e. The van der Waals surface area contributed by atoms with E-state index in [4.69, 9.17) is 9.84 Å². The Morgan fingerprint density at radius 3 is 3.20 bits per heavy atom. The first-order valence-electron chi connectivity index (χ1n) is 3.64. The van der Waals surface area contributed by atoms with E-state index in [1.165, 1.54) is 0 Å². The van der Waals surface area contributed by atoms with Crippen LogP contribution in [0.4, 0.5) is 0 Å². The van der Waals surface area contributed by atoms with Gasteiger partial charge in [0.05, 0.1) is 25.7 Å². The van der Waals surface area contributed by atoms with Crippen LogP contribution < -0.4 is 4.99 Å². The van der Waals surface area contributed by atoms with Crippen LogP contribution in [0, 0.1) is 0 Å². The number of aliphatic imine (C=N–C) groups is 1. The number of aliphatic hydroxyl groups excluding tert-OH is 1. The van der Waals surface area contributed by atoms with E-state index in [0.717, 1.165) is 19.4 Å². The molecule has 3 nitrogen and oxygen atoms in total. The maximum atomic E-state index is 8.44. The average molecular weight is 143 g/mol. The van der Waals surface area contributed by atoms with Gasteiger partial charge in [-0.1, -0.05) is 0 Å². The number of aliphatic hydroxyl groups is 1. The molecule has 0 spiro atoms. The molecule has 0 aromatic carbocycles. The van der Waals surface area contributed by atoms with Crippen LogP contribution in [0.5, 0.6) is 0 Å². The molecular formula is C7H13NO2+. The predicted octanol–water partition coefficient (Wildman–Crippen LogP) is -0.436. The summed E-state index contributed by atoms with van der Waals surface area (Å²) in [6.45, 7) is 1.45. The fraction of sp³-hybridized carbons (Fsp3) is 0.857. The number of nitrogens with zero attached hydrogens (tertiary/aromatic N) is 1. The van der Waals surface area contributed by atoms with Crippen LogP contribution in [0.15, 0.2) is 0 Å². The Labute approximate surface area is 60.7 Å². The van der Waals surface area contributed by atoms with Gasteiger partial charge in [-0.05, 0) is 0 Å². The molecule has 0 aromatic rings. The Morgan fingerprint density at radius 1 is 1.70 bits per heavy atom. The van der Waals surface area contributed by atoms with E-state index in [1.54, 1.807) is 0 Å². The van der Waals surface area contributed by atoms with Crippen molar-refractivity contribution in [3.63, 3.8) is 0 Å². The molecule has 1 aliphatic heterocycles. The minimum atomic E-state index is 0.119. The molecular weight excluding hydrogens is 130 g/mol. The second-order valence-electron chi connectivity index (χ2n) is 2.33. The first kappa shape index (κ1) is 7.69. The SMILES string of the molecule is OCCOC1CC=[N+]CC1. The minimum Gasteiger partial charge on any atom is -0.394 e. The number of hydrogen-bond acceptors (Lipinski definition) is 3. The van der Waals surface area contributed by atoms with Crippen LogP contribution in [-0.4, -0.2) is 37.2 Å². The number of hydrogen-bond donors (Lipinski definition) is 1. The highest BCUT2D eigenvalue weighted by molar-refractivity contribution is 5.57. The van der Waals surface area contributed by atoms with E-state index in [0.29, 0.717) is 12.7 Å². The molecule has 10 heavy (non-hydrogen) atoms. The van der Waals surface area contributed by atoms with Gasteiger partial charge < -0.3 is 9.84 Å². The zero-order valence-electron chi connectivity index (χ0n) is 5.99. The van der Waals surface area contributed by atoms with Crippen molar-refractivity contribution in [1.82, 2.24) is 4.99 Å². The van der Waals surface area contributed by atoms with Gasteiger partial charge in [-0.3, -0.25) is 0 Å². The van der Waals surface area contributed by atoms with Gasteiger partial charge in [0, 0.05) is 11.4 Å². The summed E-state index contributed by atoms with van der Waals surface area (Å²) in [5, 5.41) is 8.44. The Kier molecular flexibility index (Phi) is 3.40. The van der Waals surface area contributed by atoms with Crippen LogP contribution in [0.3, 0.4) is 0 Å². The van der Waals surface area contributed by atoms with Crippen molar-refractivity contribution in [2.45, 2.75) is 18.9 Å². The molecule has 1 heterocycles. The minimum absolute atomic E-state index is 0.119. The van der Waals surface area contributed by atoms with Crippen LogP contribution >= 0.6 is 0 Å². The topological polar surface area (TPSA) is 43.6 Å². The first-order chi connectivity index (χ1) is 4.93. The monoisotopic (exact) mass is 143 g/mol. The Balaban J connectivity index is 2.10. The summed E-state index contributed by atoms with van der Waals surface area (Å²) in [6, 6.07) is 0. The molecule has 0 fully saturated rings. The molecule has 0 bridgehead atoms. The molecule has 3 heteroatoms. The van der Waals surface area contributed by atoms with Crippen molar-refractivity contribution < 1.29 is 9.84 Å². The highest BCUT2D eigenvalue weighted by atomic mass is 16.5. The van der Waals surface area contributed by atoms with E-state index in [-0.39, 0.29) is 6.61 Å². The van der Waals surface area contributed by atoms with Crippen molar-refractivity contribution >= 4 is 6.21 Å². The van der Waals surface area contributed by atoms with Crippen LogP contribution in [0.2, 0.25) is 0 Å². The lowest BCUT2D eigenvalue weighted by molar-refractivity contribution is 0.0275. The van der Waals surface area contributed by atoms with E-state index < -0.39 is 0 Å². The van der Waals surface area contributed by atoms with E-state index in [2.05, 4.69) is 4.99 Å². The van der Waals surface area contributed by atoms with Crippen LogP contribution in [0.25, 0.3) is 0 Å². The quantitative estimate of drug-likeness (QED) is 0.582. The highest BCUT2D eigenvalue weighted by Crippen LogP contribution is 2.03. The summed E-state index contributed by atoms with van der Waals surface area (Å²) >= 11 is 0. The summed E-state index contributed by atoms with van der Waals surface area (Å²) in [6.07, 6.45) is 4.09. The van der Waals surface area contributed by atoms with Crippen molar-refractivity contribution in [3.8, 4) is 0 Å². The van der Waals surface area contributed by atoms with Crippen molar-refractivity contribution in [1.29, 1.82) is 0 Å². The molecule has 57 valence electrons. The van der Waals surface area contributed by atoms with E-state index in [1.807, 2.05) is 6.21 Å². The zero-order chi connectivity index (χ0) is 7.23.